The molecule has 2 rings (SSSR count). The van der Waals surface area contributed by atoms with Crippen molar-refractivity contribution < 1.29 is 4.74 Å². The van der Waals surface area contributed by atoms with Crippen LogP contribution in [0.5, 0.6) is 0 Å². The van der Waals surface area contributed by atoms with Gasteiger partial charge in [0.1, 0.15) is 0 Å². The largest absolute Gasteiger partial charge is 0.374 e. The Morgan fingerprint density at radius 3 is 2.94 bits per heavy atom. The fourth-order valence-corrected chi connectivity index (χ4v) is 4.73. The van der Waals surface area contributed by atoms with Crippen LogP contribution in [0.15, 0.2) is 0 Å². The van der Waals surface area contributed by atoms with Gasteiger partial charge in [-0.3, -0.25) is 0 Å². The van der Waals surface area contributed by atoms with Crippen LogP contribution in [-0.4, -0.2) is 37.3 Å². The molecule has 1 spiro atoms. The molecule has 0 aliphatic carbocycles. The van der Waals surface area contributed by atoms with Gasteiger partial charge < -0.3 is 10.1 Å². The smallest absolute Gasteiger partial charge is 0.0783 e. The molecule has 100 valence electrons. The van der Waals surface area contributed by atoms with E-state index in [4.69, 9.17) is 4.74 Å². The first-order chi connectivity index (χ1) is 8.17. The van der Waals surface area contributed by atoms with Crippen LogP contribution < -0.4 is 5.32 Å². The standard InChI is InChI=1S/C14H27NOS/c1-11(9-15-3)12(2)13-4-6-16-14(8-13)5-7-17-10-14/h11-13,15H,4-10H2,1-3H3. The van der Waals surface area contributed by atoms with Crippen LogP contribution in [0.2, 0.25) is 0 Å². The highest BCUT2D eigenvalue weighted by Gasteiger charge is 2.42. The molecular formula is C14H27NOS. The third-order valence-corrected chi connectivity index (χ3v) is 5.99. The van der Waals surface area contributed by atoms with Gasteiger partial charge in [0, 0.05) is 12.4 Å². The molecule has 0 aromatic heterocycles. The minimum atomic E-state index is 0.251. The molecule has 0 amide bonds. The Morgan fingerprint density at radius 2 is 2.29 bits per heavy atom. The second kappa shape index (κ2) is 5.94. The first-order valence-corrected chi connectivity index (χ1v) is 8.19. The molecule has 0 aromatic rings. The number of thioether (sulfide) groups is 1. The quantitative estimate of drug-likeness (QED) is 0.837. The Bertz CT molecular complexity index is 240. The van der Waals surface area contributed by atoms with E-state index in [0.717, 1.165) is 30.9 Å². The van der Waals surface area contributed by atoms with Crippen LogP contribution in [0.3, 0.4) is 0 Å². The van der Waals surface area contributed by atoms with Gasteiger partial charge >= 0.3 is 0 Å². The van der Waals surface area contributed by atoms with Gasteiger partial charge in [-0.05, 0) is 56.4 Å². The molecular weight excluding hydrogens is 230 g/mol. The van der Waals surface area contributed by atoms with Gasteiger partial charge in [-0.2, -0.15) is 11.8 Å². The van der Waals surface area contributed by atoms with Crippen LogP contribution in [0.1, 0.15) is 33.1 Å². The molecule has 0 radical (unpaired) electrons. The molecule has 1 N–H and O–H groups in total. The summed E-state index contributed by atoms with van der Waals surface area (Å²) in [5.74, 6) is 4.98. The van der Waals surface area contributed by atoms with Crippen molar-refractivity contribution in [3.63, 3.8) is 0 Å². The van der Waals surface area contributed by atoms with Crippen molar-refractivity contribution in [1.82, 2.24) is 5.32 Å². The van der Waals surface area contributed by atoms with Crippen LogP contribution in [0.25, 0.3) is 0 Å². The zero-order valence-electron chi connectivity index (χ0n) is 11.5. The minimum absolute atomic E-state index is 0.251. The summed E-state index contributed by atoms with van der Waals surface area (Å²) in [6, 6.07) is 0. The van der Waals surface area contributed by atoms with Gasteiger partial charge in [-0.1, -0.05) is 13.8 Å². The second-order valence-electron chi connectivity index (χ2n) is 5.98. The lowest BCUT2D eigenvalue weighted by Crippen LogP contribution is -2.43. The second-order valence-corrected chi connectivity index (χ2v) is 7.09. The van der Waals surface area contributed by atoms with Crippen molar-refractivity contribution in [2.24, 2.45) is 17.8 Å². The lowest BCUT2D eigenvalue weighted by atomic mass is 9.74. The predicted octanol–water partition coefficient (Wildman–Crippen LogP) is 2.78. The van der Waals surface area contributed by atoms with Gasteiger partial charge in [0.05, 0.1) is 5.60 Å². The van der Waals surface area contributed by atoms with Gasteiger partial charge in [0.2, 0.25) is 0 Å². The fourth-order valence-electron chi connectivity index (χ4n) is 3.35. The molecule has 2 aliphatic heterocycles. The topological polar surface area (TPSA) is 21.3 Å². The summed E-state index contributed by atoms with van der Waals surface area (Å²) in [6.07, 6.45) is 3.85. The highest BCUT2D eigenvalue weighted by atomic mass is 32.2. The van der Waals surface area contributed by atoms with Gasteiger partial charge in [0.25, 0.3) is 0 Å². The summed E-state index contributed by atoms with van der Waals surface area (Å²) < 4.78 is 6.11. The van der Waals surface area contributed by atoms with Crippen LogP contribution in [0, 0.1) is 17.8 Å². The van der Waals surface area contributed by atoms with Crippen molar-refractivity contribution in [2.45, 2.75) is 38.7 Å². The third-order valence-electron chi connectivity index (χ3n) is 4.77. The van der Waals surface area contributed by atoms with Gasteiger partial charge in [-0.25, -0.2) is 0 Å². The molecule has 2 fully saturated rings. The first-order valence-electron chi connectivity index (χ1n) is 7.03. The van der Waals surface area contributed by atoms with Crippen molar-refractivity contribution in [3.05, 3.63) is 0 Å². The van der Waals surface area contributed by atoms with E-state index in [2.05, 4.69) is 38.0 Å². The summed E-state index contributed by atoms with van der Waals surface area (Å²) in [4.78, 5) is 0. The first kappa shape index (κ1) is 13.7. The van der Waals surface area contributed by atoms with Gasteiger partial charge in [0.15, 0.2) is 0 Å². The Morgan fingerprint density at radius 1 is 1.47 bits per heavy atom. The average Bonchev–Trinajstić information content (AvgIpc) is 2.76. The van der Waals surface area contributed by atoms with E-state index in [1.165, 1.54) is 30.8 Å². The number of rotatable bonds is 4. The highest BCUT2D eigenvalue weighted by molar-refractivity contribution is 7.99. The van der Waals surface area contributed by atoms with Gasteiger partial charge in [-0.15, -0.1) is 0 Å². The Labute approximate surface area is 110 Å². The van der Waals surface area contributed by atoms with Crippen LogP contribution in [0.4, 0.5) is 0 Å². The maximum absolute atomic E-state index is 6.11. The molecule has 17 heavy (non-hydrogen) atoms. The van der Waals surface area contributed by atoms with Crippen molar-refractivity contribution in [1.29, 1.82) is 0 Å². The normalized spacial score (nSPS) is 37.2. The third kappa shape index (κ3) is 3.18. The molecule has 4 unspecified atom stereocenters. The summed E-state index contributed by atoms with van der Waals surface area (Å²) >= 11 is 2.07. The van der Waals surface area contributed by atoms with Crippen LogP contribution in [-0.2, 0) is 4.74 Å². The Kier molecular flexibility index (Phi) is 4.79. The SMILES string of the molecule is CNCC(C)C(C)C1CCOC2(CCSC2)C1. The molecule has 2 aliphatic rings. The number of hydrogen-bond donors (Lipinski definition) is 1. The summed E-state index contributed by atoms with van der Waals surface area (Å²) in [7, 11) is 2.06. The van der Waals surface area contributed by atoms with E-state index in [-0.39, 0.29) is 5.60 Å². The van der Waals surface area contributed by atoms with E-state index >= 15 is 0 Å². The summed E-state index contributed by atoms with van der Waals surface area (Å²) in [5.41, 5.74) is 0.251. The van der Waals surface area contributed by atoms with E-state index in [1.807, 2.05) is 0 Å². The summed E-state index contributed by atoms with van der Waals surface area (Å²) in [6.45, 7) is 6.95. The van der Waals surface area contributed by atoms with Crippen molar-refractivity contribution >= 4 is 11.8 Å². The fraction of sp³-hybridized carbons (Fsp3) is 1.00. The number of ether oxygens (including phenoxy) is 1. The molecule has 2 heterocycles. The monoisotopic (exact) mass is 257 g/mol. The Hall–Kier alpha value is 0.270. The van der Waals surface area contributed by atoms with Crippen LogP contribution >= 0.6 is 11.8 Å². The minimum Gasteiger partial charge on any atom is -0.374 e. The zero-order valence-corrected chi connectivity index (χ0v) is 12.3. The molecule has 4 atom stereocenters. The lowest BCUT2D eigenvalue weighted by molar-refractivity contribution is -0.0913. The number of hydrogen-bond acceptors (Lipinski definition) is 3. The number of nitrogens with one attached hydrogen (secondary N) is 1. The predicted molar refractivity (Wildman–Crippen MR) is 75.6 cm³/mol. The maximum atomic E-state index is 6.11. The maximum Gasteiger partial charge on any atom is 0.0783 e. The molecule has 3 heteroatoms. The molecule has 0 bridgehead atoms. The molecule has 0 aromatic carbocycles. The lowest BCUT2D eigenvalue weighted by Gasteiger charge is -2.41. The highest BCUT2D eigenvalue weighted by Crippen LogP contribution is 2.43. The average molecular weight is 257 g/mol. The van der Waals surface area contributed by atoms with E-state index in [9.17, 15) is 0 Å². The van der Waals surface area contributed by atoms with E-state index < -0.39 is 0 Å². The van der Waals surface area contributed by atoms with E-state index in [0.29, 0.717) is 0 Å². The zero-order chi connectivity index (χ0) is 12.3. The molecule has 0 saturated carbocycles. The van der Waals surface area contributed by atoms with E-state index in [1.54, 1.807) is 0 Å². The Balaban J connectivity index is 1.92. The molecule has 2 nitrogen and oxygen atoms in total. The summed E-state index contributed by atoms with van der Waals surface area (Å²) in [5, 5.41) is 3.31. The van der Waals surface area contributed by atoms with Crippen molar-refractivity contribution in [2.75, 3.05) is 31.7 Å². The molecule has 2 saturated heterocycles. The van der Waals surface area contributed by atoms with Crippen molar-refractivity contribution in [3.8, 4) is 0 Å².